The summed E-state index contributed by atoms with van der Waals surface area (Å²) in [6.45, 7) is 1.96. The van der Waals surface area contributed by atoms with Crippen molar-refractivity contribution in [3.63, 3.8) is 0 Å². The number of nitrogens with one attached hydrogen (secondary N) is 5. The van der Waals surface area contributed by atoms with Crippen molar-refractivity contribution in [2.24, 2.45) is 0 Å². The Bertz CT molecular complexity index is 1490. The van der Waals surface area contributed by atoms with Gasteiger partial charge in [0.1, 0.15) is 18.4 Å². The van der Waals surface area contributed by atoms with E-state index < -0.39 is 27.7 Å². The second-order valence-corrected chi connectivity index (χ2v) is 12.3. The van der Waals surface area contributed by atoms with E-state index in [0.717, 1.165) is 0 Å². The first-order chi connectivity index (χ1) is 24.9. The zero-order valence-corrected chi connectivity index (χ0v) is 30.4. The first-order valence-corrected chi connectivity index (χ1v) is 17.8. The van der Waals surface area contributed by atoms with Crippen molar-refractivity contribution in [3.8, 4) is 0 Å². The van der Waals surface area contributed by atoms with Crippen LogP contribution in [0, 0.1) is 20.2 Å². The maximum Gasteiger partial charge on any atom is 0.381 e. The van der Waals surface area contributed by atoms with E-state index in [-0.39, 0.29) is 87.9 Å². The highest BCUT2D eigenvalue weighted by Gasteiger charge is 2.21. The van der Waals surface area contributed by atoms with E-state index in [9.17, 15) is 44.2 Å². The van der Waals surface area contributed by atoms with Crippen molar-refractivity contribution in [2.45, 2.75) is 57.7 Å². The lowest BCUT2D eigenvalue weighted by molar-refractivity contribution is -0.389. The van der Waals surface area contributed by atoms with E-state index in [1.807, 2.05) is 0 Å². The zero-order chi connectivity index (χ0) is 38.3. The average Bonchev–Trinajstić information content (AvgIpc) is 3.79. The molecule has 0 radical (unpaired) electrons. The highest BCUT2D eigenvalue weighted by Crippen LogP contribution is 2.08. The minimum Gasteiger partial charge on any atom is -0.358 e. The Labute approximate surface area is 310 Å². The fourth-order valence-corrected chi connectivity index (χ4v) is 5.03. The van der Waals surface area contributed by atoms with Crippen molar-refractivity contribution in [2.75, 3.05) is 57.3 Å². The number of aryl methyl sites for hydroxylation is 2. The number of thiol groups is 2. The van der Waals surface area contributed by atoms with Crippen LogP contribution >= 0.6 is 25.3 Å². The highest BCUT2D eigenvalue weighted by atomic mass is 32.1. The monoisotopic (exact) mass is 770 g/mol. The van der Waals surface area contributed by atoms with Gasteiger partial charge in [0.15, 0.2) is 0 Å². The van der Waals surface area contributed by atoms with Crippen molar-refractivity contribution in [3.05, 3.63) is 45.3 Å². The molecule has 0 spiro atoms. The number of amides is 5. The van der Waals surface area contributed by atoms with E-state index in [1.54, 1.807) is 4.90 Å². The van der Waals surface area contributed by atoms with Gasteiger partial charge in [0.2, 0.25) is 42.2 Å². The fourth-order valence-electron chi connectivity index (χ4n) is 4.64. The van der Waals surface area contributed by atoms with Gasteiger partial charge in [-0.15, -0.1) is 0 Å². The molecule has 2 aromatic rings. The topological polar surface area (TPSA) is 271 Å². The lowest BCUT2D eigenvalue weighted by atomic mass is 10.1. The maximum atomic E-state index is 13.1. The largest absolute Gasteiger partial charge is 0.381 e. The molecule has 1 atom stereocenters. The Morgan fingerprint density at radius 1 is 0.712 bits per heavy atom. The number of carbonyl (C=O) groups excluding carboxylic acids is 5. The van der Waals surface area contributed by atoms with E-state index in [0.29, 0.717) is 50.4 Å². The number of nitrogens with zero attached hydrogens (tertiary/aromatic N) is 7. The SMILES string of the molecule is O=C(CCn1cnc([N+](=O)[O-])c1)NCCCC[C@H](NC(=O)CCn1cnc([N+](=O)[O-])c1)C(=O)NCCCNC(=O)CN(CCS)CC(=O)NCCS. The number of hydrogen-bond donors (Lipinski definition) is 7. The molecule has 5 N–H and O–H groups in total. The minimum atomic E-state index is -0.907. The molecule has 288 valence electrons. The quantitative estimate of drug-likeness (QED) is 0.0251. The lowest BCUT2D eigenvalue weighted by Gasteiger charge is -2.20. The van der Waals surface area contributed by atoms with E-state index in [4.69, 9.17) is 0 Å². The van der Waals surface area contributed by atoms with Crippen LogP contribution in [0.5, 0.6) is 0 Å². The van der Waals surface area contributed by atoms with Crippen LogP contribution in [0.15, 0.2) is 25.0 Å². The summed E-state index contributed by atoms with van der Waals surface area (Å²) in [5.41, 5.74) is 0. The molecule has 0 saturated carbocycles. The molecule has 2 rings (SSSR count). The summed E-state index contributed by atoms with van der Waals surface area (Å²) in [5.74, 6) is -1.38. The van der Waals surface area contributed by atoms with Gasteiger partial charge in [0.05, 0.1) is 13.1 Å². The van der Waals surface area contributed by atoms with Crippen molar-refractivity contribution in [1.82, 2.24) is 50.6 Å². The van der Waals surface area contributed by atoms with Gasteiger partial charge in [-0.1, -0.05) is 0 Å². The van der Waals surface area contributed by atoms with Gasteiger partial charge in [-0.2, -0.15) is 25.3 Å². The first-order valence-electron chi connectivity index (χ1n) is 16.5. The lowest BCUT2D eigenvalue weighted by Crippen LogP contribution is -2.47. The van der Waals surface area contributed by atoms with Gasteiger partial charge in [-0.05, 0) is 45.5 Å². The van der Waals surface area contributed by atoms with Crippen LogP contribution in [0.4, 0.5) is 11.6 Å². The summed E-state index contributed by atoms with van der Waals surface area (Å²) >= 11 is 8.24. The summed E-state index contributed by atoms with van der Waals surface area (Å²) in [4.78, 5) is 91.8. The highest BCUT2D eigenvalue weighted by molar-refractivity contribution is 7.80. The Morgan fingerprint density at radius 3 is 1.77 bits per heavy atom. The smallest absolute Gasteiger partial charge is 0.358 e. The Kier molecular flexibility index (Phi) is 20.4. The molecule has 5 amide bonds. The first kappa shape index (κ1) is 43.4. The summed E-state index contributed by atoms with van der Waals surface area (Å²) in [6.07, 6.45) is 6.56. The van der Waals surface area contributed by atoms with Gasteiger partial charge in [-0.3, -0.25) is 28.9 Å². The Hall–Kier alpha value is -4.77. The summed E-state index contributed by atoms with van der Waals surface area (Å²) in [6, 6.07) is -0.907. The van der Waals surface area contributed by atoms with Crippen molar-refractivity contribution < 1.29 is 33.8 Å². The number of imidazole rings is 2. The van der Waals surface area contributed by atoms with Gasteiger partial charge in [0.25, 0.3) is 0 Å². The Balaban J connectivity index is 1.80. The molecule has 0 aromatic carbocycles. The number of hydrogen-bond acceptors (Lipinski definition) is 14. The molecule has 0 bridgehead atoms. The van der Waals surface area contributed by atoms with Crippen LogP contribution in [0.2, 0.25) is 0 Å². The van der Waals surface area contributed by atoms with Crippen LogP contribution in [0.1, 0.15) is 38.5 Å². The molecule has 2 heterocycles. The van der Waals surface area contributed by atoms with Gasteiger partial charge in [0, 0.05) is 70.2 Å². The van der Waals surface area contributed by atoms with E-state index in [2.05, 4.69) is 61.8 Å². The third kappa shape index (κ3) is 17.9. The Morgan fingerprint density at radius 2 is 1.23 bits per heavy atom. The van der Waals surface area contributed by atoms with E-state index in [1.165, 1.54) is 34.2 Å². The molecule has 0 fully saturated rings. The standard InChI is InChI=1S/C29H46N12O9S2/c42-25(5-11-38-16-23(34-20-38)40(47)48)30-7-2-1-4-22(36-26(43)6-12-39-17-24(35-21-39)41(49)50)29(46)33-9-3-8-31-27(44)18-37(13-15-52)19-28(45)32-10-14-51/h16-17,20-22,51-52H,1-15,18-19H2,(H,30,42)(H,31,44)(H,32,45)(H,33,46)(H,36,43)/t22-/m0/s1. The van der Waals surface area contributed by atoms with Crippen LogP contribution < -0.4 is 26.6 Å². The van der Waals surface area contributed by atoms with Crippen LogP contribution in [-0.2, 0) is 37.1 Å². The molecule has 52 heavy (non-hydrogen) atoms. The predicted molar refractivity (Wildman–Crippen MR) is 194 cm³/mol. The van der Waals surface area contributed by atoms with Crippen LogP contribution in [-0.4, -0.2) is 127 Å². The average molecular weight is 771 g/mol. The van der Waals surface area contributed by atoms with Gasteiger partial charge < -0.3 is 55.9 Å². The molecule has 0 aliphatic heterocycles. The molecule has 0 unspecified atom stereocenters. The second kappa shape index (κ2) is 24.4. The summed E-state index contributed by atoms with van der Waals surface area (Å²) in [5, 5.41) is 35.3. The van der Waals surface area contributed by atoms with Gasteiger partial charge in [-0.25, -0.2) is 0 Å². The van der Waals surface area contributed by atoms with Crippen molar-refractivity contribution in [1.29, 1.82) is 0 Å². The number of nitro groups is 2. The molecule has 0 saturated heterocycles. The number of unbranched alkanes of at least 4 members (excludes halogenated alkanes) is 1. The third-order valence-corrected chi connectivity index (χ3v) is 7.68. The van der Waals surface area contributed by atoms with Crippen LogP contribution in [0.25, 0.3) is 0 Å². The molecule has 0 aliphatic carbocycles. The molecular weight excluding hydrogens is 725 g/mol. The normalized spacial score (nSPS) is 11.4. The summed E-state index contributed by atoms with van der Waals surface area (Å²) in [7, 11) is 0. The van der Waals surface area contributed by atoms with Gasteiger partial charge >= 0.3 is 11.6 Å². The number of rotatable bonds is 27. The molecule has 2 aromatic heterocycles. The minimum absolute atomic E-state index is 0.00239. The van der Waals surface area contributed by atoms with E-state index >= 15 is 0 Å². The molecular formula is C29H46N12O9S2. The summed E-state index contributed by atoms with van der Waals surface area (Å²) < 4.78 is 2.84. The van der Waals surface area contributed by atoms with Crippen molar-refractivity contribution >= 4 is 66.4 Å². The zero-order valence-electron chi connectivity index (χ0n) is 28.6. The maximum absolute atomic E-state index is 13.1. The second-order valence-electron chi connectivity index (χ2n) is 11.4. The molecule has 23 heteroatoms. The van der Waals surface area contributed by atoms with Crippen LogP contribution in [0.3, 0.4) is 0 Å². The number of aromatic nitrogens is 4. The number of carbonyl (C=O) groups is 5. The molecule has 21 nitrogen and oxygen atoms in total. The molecule has 0 aliphatic rings. The predicted octanol–water partition coefficient (Wildman–Crippen LogP) is -0.952. The fraction of sp³-hybridized carbons (Fsp3) is 0.621. The third-order valence-electron chi connectivity index (χ3n) is 7.26.